The SMILES string of the molecule is CC(C)S(=O)(=O)c1ccc(C(=O)N(CC(=O)O)Cc2ccccc2)cc1. The van der Waals surface area contributed by atoms with Crippen molar-refractivity contribution in [1.29, 1.82) is 0 Å². The Labute approximate surface area is 153 Å². The highest BCUT2D eigenvalue weighted by Gasteiger charge is 2.22. The zero-order valence-electron chi connectivity index (χ0n) is 14.6. The van der Waals surface area contributed by atoms with Gasteiger partial charge in [0, 0.05) is 12.1 Å². The lowest BCUT2D eigenvalue weighted by Gasteiger charge is -2.21. The molecule has 0 aromatic heterocycles. The van der Waals surface area contributed by atoms with Crippen molar-refractivity contribution in [2.24, 2.45) is 0 Å². The van der Waals surface area contributed by atoms with Gasteiger partial charge in [0.15, 0.2) is 9.84 Å². The van der Waals surface area contributed by atoms with E-state index in [9.17, 15) is 18.0 Å². The zero-order chi connectivity index (χ0) is 19.3. The first kappa shape index (κ1) is 19.7. The van der Waals surface area contributed by atoms with Gasteiger partial charge in [0.25, 0.3) is 5.91 Å². The molecule has 0 bridgehead atoms. The van der Waals surface area contributed by atoms with E-state index in [0.29, 0.717) is 0 Å². The van der Waals surface area contributed by atoms with Gasteiger partial charge in [-0.05, 0) is 43.7 Å². The highest BCUT2D eigenvalue weighted by Crippen LogP contribution is 2.18. The first-order chi connectivity index (χ1) is 12.2. The lowest BCUT2D eigenvalue weighted by Crippen LogP contribution is -2.35. The minimum Gasteiger partial charge on any atom is -0.480 e. The lowest BCUT2D eigenvalue weighted by atomic mass is 10.1. The van der Waals surface area contributed by atoms with E-state index in [2.05, 4.69) is 0 Å². The number of aliphatic carboxylic acids is 1. The molecule has 0 heterocycles. The zero-order valence-corrected chi connectivity index (χ0v) is 15.4. The van der Waals surface area contributed by atoms with Gasteiger partial charge < -0.3 is 10.0 Å². The maximum Gasteiger partial charge on any atom is 0.323 e. The van der Waals surface area contributed by atoms with Crippen LogP contribution in [0.4, 0.5) is 0 Å². The molecule has 1 N–H and O–H groups in total. The molecule has 26 heavy (non-hydrogen) atoms. The van der Waals surface area contributed by atoms with Crippen LogP contribution in [0.5, 0.6) is 0 Å². The van der Waals surface area contributed by atoms with E-state index in [-0.39, 0.29) is 17.0 Å². The Kier molecular flexibility index (Phi) is 6.15. The van der Waals surface area contributed by atoms with Crippen LogP contribution in [0, 0.1) is 0 Å². The number of rotatable bonds is 7. The Hall–Kier alpha value is -2.67. The number of carbonyl (C=O) groups excluding carboxylic acids is 1. The number of hydrogen-bond donors (Lipinski definition) is 1. The molecule has 138 valence electrons. The Morgan fingerprint density at radius 2 is 1.58 bits per heavy atom. The second-order valence-corrected chi connectivity index (χ2v) is 8.66. The fourth-order valence-electron chi connectivity index (χ4n) is 2.41. The van der Waals surface area contributed by atoms with Crippen LogP contribution >= 0.6 is 0 Å². The molecule has 0 saturated heterocycles. The summed E-state index contributed by atoms with van der Waals surface area (Å²) >= 11 is 0. The Bertz CT molecular complexity index is 874. The Balaban J connectivity index is 2.26. The number of carboxylic acid groups (broad SMARTS) is 1. The average molecular weight is 375 g/mol. The summed E-state index contributed by atoms with van der Waals surface area (Å²) in [4.78, 5) is 25.2. The molecule has 0 aliphatic carbocycles. The summed E-state index contributed by atoms with van der Waals surface area (Å²) in [5, 5.41) is 8.53. The molecule has 7 heteroatoms. The maximum absolute atomic E-state index is 12.7. The minimum absolute atomic E-state index is 0.136. The summed E-state index contributed by atoms with van der Waals surface area (Å²) < 4.78 is 24.3. The Morgan fingerprint density at radius 3 is 2.08 bits per heavy atom. The van der Waals surface area contributed by atoms with Crippen LogP contribution < -0.4 is 0 Å². The fraction of sp³-hybridized carbons (Fsp3) is 0.263. The summed E-state index contributed by atoms with van der Waals surface area (Å²) in [7, 11) is -3.43. The number of carbonyl (C=O) groups is 2. The first-order valence-electron chi connectivity index (χ1n) is 8.10. The van der Waals surface area contributed by atoms with Crippen LogP contribution in [-0.2, 0) is 21.2 Å². The summed E-state index contributed by atoms with van der Waals surface area (Å²) in [5.41, 5.74) is 1.05. The first-order valence-corrected chi connectivity index (χ1v) is 9.65. The number of amides is 1. The molecular formula is C19H21NO5S. The molecule has 1 amide bonds. The predicted molar refractivity (Wildman–Crippen MR) is 97.6 cm³/mol. The van der Waals surface area contributed by atoms with E-state index < -0.39 is 33.5 Å². The molecule has 2 rings (SSSR count). The summed E-state index contributed by atoms with van der Waals surface area (Å²) in [6, 6.07) is 14.7. The molecule has 0 fully saturated rings. The standard InChI is InChI=1S/C19H21NO5S/c1-14(2)26(24,25)17-10-8-16(9-11-17)19(23)20(13-18(21)22)12-15-6-4-3-5-7-15/h3-11,14H,12-13H2,1-2H3,(H,21,22). The molecule has 0 saturated carbocycles. The van der Waals surface area contributed by atoms with Crippen LogP contribution in [0.15, 0.2) is 59.5 Å². The van der Waals surface area contributed by atoms with E-state index in [4.69, 9.17) is 5.11 Å². The summed E-state index contributed by atoms with van der Waals surface area (Å²) in [6.45, 7) is 2.88. The van der Waals surface area contributed by atoms with Gasteiger partial charge in [-0.1, -0.05) is 30.3 Å². The predicted octanol–water partition coefficient (Wildman–Crippen LogP) is 2.60. The number of carboxylic acids is 1. The molecule has 0 spiro atoms. The van der Waals surface area contributed by atoms with Crippen molar-refractivity contribution in [3.8, 4) is 0 Å². The van der Waals surface area contributed by atoms with Gasteiger partial charge in [0.05, 0.1) is 10.1 Å². The minimum atomic E-state index is -3.43. The van der Waals surface area contributed by atoms with Gasteiger partial charge in [-0.25, -0.2) is 8.42 Å². The second kappa shape index (κ2) is 8.14. The van der Waals surface area contributed by atoms with Crippen molar-refractivity contribution in [2.75, 3.05) is 6.54 Å². The van der Waals surface area contributed by atoms with Gasteiger partial charge in [0.1, 0.15) is 6.54 Å². The van der Waals surface area contributed by atoms with Crippen molar-refractivity contribution < 1.29 is 23.1 Å². The molecule has 6 nitrogen and oxygen atoms in total. The molecule has 0 atom stereocenters. The van der Waals surface area contributed by atoms with E-state index in [1.807, 2.05) is 18.2 Å². The van der Waals surface area contributed by atoms with Crippen molar-refractivity contribution >= 4 is 21.7 Å². The van der Waals surface area contributed by atoms with Gasteiger partial charge in [-0.2, -0.15) is 0 Å². The van der Waals surface area contributed by atoms with Crippen molar-refractivity contribution in [3.63, 3.8) is 0 Å². The molecule has 0 unspecified atom stereocenters. The number of sulfone groups is 1. The number of hydrogen-bond acceptors (Lipinski definition) is 4. The van der Waals surface area contributed by atoms with E-state index in [1.165, 1.54) is 29.2 Å². The molecule has 0 radical (unpaired) electrons. The van der Waals surface area contributed by atoms with Gasteiger partial charge >= 0.3 is 5.97 Å². The molecule has 2 aromatic rings. The maximum atomic E-state index is 12.7. The number of benzene rings is 2. The molecule has 0 aliphatic heterocycles. The van der Waals surface area contributed by atoms with Crippen LogP contribution in [0.2, 0.25) is 0 Å². The number of nitrogens with zero attached hydrogens (tertiary/aromatic N) is 1. The van der Waals surface area contributed by atoms with Crippen LogP contribution in [0.1, 0.15) is 29.8 Å². The third-order valence-electron chi connectivity index (χ3n) is 3.88. The van der Waals surface area contributed by atoms with Crippen molar-refractivity contribution in [2.45, 2.75) is 30.5 Å². The van der Waals surface area contributed by atoms with Crippen LogP contribution in [0.3, 0.4) is 0 Å². The summed E-state index contributed by atoms with van der Waals surface area (Å²) in [5.74, 6) is -1.59. The highest BCUT2D eigenvalue weighted by molar-refractivity contribution is 7.92. The van der Waals surface area contributed by atoms with Gasteiger partial charge in [0.2, 0.25) is 0 Å². The van der Waals surface area contributed by atoms with Crippen molar-refractivity contribution in [1.82, 2.24) is 4.90 Å². The average Bonchev–Trinajstić information content (AvgIpc) is 2.61. The fourth-order valence-corrected chi connectivity index (χ4v) is 3.47. The smallest absolute Gasteiger partial charge is 0.323 e. The monoisotopic (exact) mass is 375 g/mol. The summed E-state index contributed by atoms with van der Waals surface area (Å²) in [6.07, 6.45) is 0. The van der Waals surface area contributed by atoms with Gasteiger partial charge in [-0.3, -0.25) is 9.59 Å². The van der Waals surface area contributed by atoms with E-state index in [1.54, 1.807) is 26.0 Å². The Morgan fingerprint density at radius 1 is 1.00 bits per heavy atom. The van der Waals surface area contributed by atoms with E-state index >= 15 is 0 Å². The lowest BCUT2D eigenvalue weighted by molar-refractivity contribution is -0.137. The third-order valence-corrected chi connectivity index (χ3v) is 6.05. The largest absolute Gasteiger partial charge is 0.480 e. The second-order valence-electron chi connectivity index (χ2n) is 6.16. The third kappa shape index (κ3) is 4.70. The molecule has 0 aliphatic rings. The van der Waals surface area contributed by atoms with Crippen LogP contribution in [0.25, 0.3) is 0 Å². The molecular weight excluding hydrogens is 354 g/mol. The normalized spacial score (nSPS) is 11.3. The van der Waals surface area contributed by atoms with Crippen LogP contribution in [-0.4, -0.2) is 42.1 Å². The highest BCUT2D eigenvalue weighted by atomic mass is 32.2. The van der Waals surface area contributed by atoms with Gasteiger partial charge in [-0.15, -0.1) is 0 Å². The quantitative estimate of drug-likeness (QED) is 0.803. The van der Waals surface area contributed by atoms with E-state index in [0.717, 1.165) is 5.56 Å². The van der Waals surface area contributed by atoms with Crippen molar-refractivity contribution in [3.05, 3.63) is 65.7 Å². The molecule has 2 aromatic carbocycles. The topological polar surface area (TPSA) is 91.8 Å².